The van der Waals surface area contributed by atoms with Gasteiger partial charge in [-0.2, -0.15) is 0 Å². The van der Waals surface area contributed by atoms with Crippen LogP contribution in [0.25, 0.3) is 22.2 Å². The number of halogens is 3. The SMILES string of the molecule is COc1cc(OC)c(F)c(-c2cc3cnc(C)nc3c(Cl)n2)c1F. The highest BCUT2D eigenvalue weighted by Crippen LogP contribution is 2.38. The predicted octanol–water partition coefficient (Wildman–Crippen LogP) is 3.95. The maximum absolute atomic E-state index is 14.6. The second-order valence-corrected chi connectivity index (χ2v) is 5.30. The number of rotatable bonds is 3. The summed E-state index contributed by atoms with van der Waals surface area (Å²) >= 11 is 6.13. The third kappa shape index (κ3) is 2.60. The van der Waals surface area contributed by atoms with Crippen LogP contribution in [-0.4, -0.2) is 29.2 Å². The smallest absolute Gasteiger partial charge is 0.177 e. The minimum absolute atomic E-state index is 0.00727. The molecule has 3 rings (SSSR count). The fourth-order valence-corrected chi connectivity index (χ4v) is 2.57. The monoisotopic (exact) mass is 351 g/mol. The zero-order chi connectivity index (χ0) is 17.4. The quantitative estimate of drug-likeness (QED) is 0.669. The molecular formula is C16H12ClF2N3O2. The molecule has 8 heteroatoms. The molecule has 0 aliphatic heterocycles. The first kappa shape index (κ1) is 16.3. The van der Waals surface area contributed by atoms with E-state index in [1.807, 2.05) is 0 Å². The van der Waals surface area contributed by atoms with Gasteiger partial charge in [-0.05, 0) is 13.0 Å². The normalized spacial score (nSPS) is 10.9. The molecule has 1 aromatic carbocycles. The number of hydrogen-bond donors (Lipinski definition) is 0. The Bertz CT molecular complexity index is 922. The summed E-state index contributed by atoms with van der Waals surface area (Å²) < 4.78 is 39.1. The molecule has 0 saturated carbocycles. The Morgan fingerprint density at radius 3 is 2.21 bits per heavy atom. The largest absolute Gasteiger partial charge is 0.494 e. The fourth-order valence-electron chi connectivity index (χ4n) is 2.33. The van der Waals surface area contributed by atoms with Crippen molar-refractivity contribution in [3.63, 3.8) is 0 Å². The average Bonchev–Trinajstić information content (AvgIpc) is 2.56. The summed E-state index contributed by atoms with van der Waals surface area (Å²) in [5, 5.41) is 0.532. The second kappa shape index (κ2) is 6.16. The molecule has 0 bridgehead atoms. The van der Waals surface area contributed by atoms with Crippen molar-refractivity contribution in [2.45, 2.75) is 6.92 Å². The van der Waals surface area contributed by atoms with E-state index in [1.54, 1.807) is 6.92 Å². The Balaban J connectivity index is 2.33. The maximum atomic E-state index is 14.6. The van der Waals surface area contributed by atoms with Crippen LogP contribution in [0.2, 0.25) is 5.15 Å². The molecule has 0 spiro atoms. The van der Waals surface area contributed by atoms with E-state index in [2.05, 4.69) is 15.0 Å². The standard InChI is InChI=1S/C16H12ClF2N3O2/c1-7-20-6-8-4-9(22-16(17)15(8)21-7)12-13(18)10(23-2)5-11(24-3)14(12)19/h4-6H,1-3H3. The molecular weight excluding hydrogens is 340 g/mol. The average molecular weight is 352 g/mol. The topological polar surface area (TPSA) is 57.1 Å². The molecule has 0 atom stereocenters. The van der Waals surface area contributed by atoms with E-state index in [1.165, 1.54) is 26.5 Å². The van der Waals surface area contributed by atoms with Crippen LogP contribution in [0.3, 0.4) is 0 Å². The summed E-state index contributed by atoms with van der Waals surface area (Å²) in [7, 11) is 2.55. The molecule has 2 heterocycles. The van der Waals surface area contributed by atoms with Gasteiger partial charge in [-0.1, -0.05) is 11.6 Å². The molecule has 24 heavy (non-hydrogen) atoms. The van der Waals surface area contributed by atoms with Crippen molar-refractivity contribution >= 4 is 22.5 Å². The molecule has 0 radical (unpaired) electrons. The summed E-state index contributed by atoms with van der Waals surface area (Å²) in [6, 6.07) is 2.59. The highest BCUT2D eigenvalue weighted by atomic mass is 35.5. The molecule has 3 aromatic rings. The number of methoxy groups -OCH3 is 2. The summed E-state index contributed by atoms with van der Waals surface area (Å²) in [5.41, 5.74) is 0.00585. The summed E-state index contributed by atoms with van der Waals surface area (Å²) in [6.07, 6.45) is 1.52. The van der Waals surface area contributed by atoms with Crippen LogP contribution < -0.4 is 9.47 Å². The summed E-state index contributed by atoms with van der Waals surface area (Å²) in [5.74, 6) is -1.61. The first-order chi connectivity index (χ1) is 11.5. The van der Waals surface area contributed by atoms with E-state index in [-0.39, 0.29) is 22.3 Å². The second-order valence-electron chi connectivity index (χ2n) is 4.94. The number of nitrogens with zero attached hydrogens (tertiary/aromatic N) is 3. The summed E-state index contributed by atoms with van der Waals surface area (Å²) in [6.45, 7) is 1.70. The number of fused-ring (bicyclic) bond motifs is 1. The number of pyridine rings is 1. The van der Waals surface area contributed by atoms with Crippen LogP contribution in [0, 0.1) is 18.6 Å². The van der Waals surface area contributed by atoms with Gasteiger partial charge in [0.2, 0.25) is 0 Å². The van der Waals surface area contributed by atoms with Crippen molar-refractivity contribution in [2.75, 3.05) is 14.2 Å². The molecule has 0 fully saturated rings. The molecule has 0 saturated heterocycles. The van der Waals surface area contributed by atoms with Gasteiger partial charge < -0.3 is 9.47 Å². The van der Waals surface area contributed by atoms with Gasteiger partial charge in [0.1, 0.15) is 11.3 Å². The van der Waals surface area contributed by atoms with E-state index < -0.39 is 17.2 Å². The van der Waals surface area contributed by atoms with E-state index in [4.69, 9.17) is 21.1 Å². The van der Waals surface area contributed by atoms with E-state index in [0.717, 1.165) is 6.07 Å². The first-order valence-electron chi connectivity index (χ1n) is 6.86. The van der Waals surface area contributed by atoms with Gasteiger partial charge in [0.25, 0.3) is 0 Å². The van der Waals surface area contributed by atoms with Crippen LogP contribution in [0.5, 0.6) is 11.5 Å². The van der Waals surface area contributed by atoms with Crippen LogP contribution >= 0.6 is 11.6 Å². The lowest BCUT2D eigenvalue weighted by Crippen LogP contribution is -2.01. The van der Waals surface area contributed by atoms with Crippen molar-refractivity contribution in [1.82, 2.24) is 15.0 Å². The molecule has 124 valence electrons. The zero-order valence-electron chi connectivity index (χ0n) is 13.0. The van der Waals surface area contributed by atoms with Gasteiger partial charge in [0, 0.05) is 17.6 Å². The van der Waals surface area contributed by atoms with Crippen LogP contribution in [0.15, 0.2) is 18.3 Å². The van der Waals surface area contributed by atoms with Crippen molar-refractivity contribution in [3.05, 3.63) is 40.9 Å². The number of aryl methyl sites for hydroxylation is 1. The molecule has 0 amide bonds. The predicted molar refractivity (Wildman–Crippen MR) is 85.5 cm³/mol. The molecule has 0 aliphatic carbocycles. The Kier molecular flexibility index (Phi) is 4.19. The Labute approximate surface area is 141 Å². The van der Waals surface area contributed by atoms with Crippen molar-refractivity contribution in [3.8, 4) is 22.8 Å². The summed E-state index contributed by atoms with van der Waals surface area (Å²) in [4.78, 5) is 12.3. The minimum Gasteiger partial charge on any atom is -0.494 e. The van der Waals surface area contributed by atoms with E-state index in [9.17, 15) is 8.78 Å². The van der Waals surface area contributed by atoms with Gasteiger partial charge >= 0.3 is 0 Å². The molecule has 0 unspecified atom stereocenters. The molecule has 0 N–H and O–H groups in total. The molecule has 0 aliphatic rings. The van der Waals surface area contributed by atoms with Gasteiger partial charge in [-0.3, -0.25) is 0 Å². The van der Waals surface area contributed by atoms with Crippen LogP contribution in [-0.2, 0) is 0 Å². The van der Waals surface area contributed by atoms with Gasteiger partial charge in [-0.25, -0.2) is 23.7 Å². The Morgan fingerprint density at radius 1 is 1.00 bits per heavy atom. The molecule has 5 nitrogen and oxygen atoms in total. The molecule has 2 aromatic heterocycles. The minimum atomic E-state index is -0.897. The van der Waals surface area contributed by atoms with Gasteiger partial charge in [0.05, 0.1) is 25.5 Å². The lowest BCUT2D eigenvalue weighted by molar-refractivity contribution is 0.359. The van der Waals surface area contributed by atoms with Crippen molar-refractivity contribution in [2.24, 2.45) is 0 Å². The van der Waals surface area contributed by atoms with E-state index >= 15 is 0 Å². The maximum Gasteiger partial charge on any atom is 0.177 e. The van der Waals surface area contributed by atoms with Gasteiger partial charge in [0.15, 0.2) is 28.3 Å². The van der Waals surface area contributed by atoms with Crippen LogP contribution in [0.4, 0.5) is 8.78 Å². The van der Waals surface area contributed by atoms with Crippen molar-refractivity contribution < 1.29 is 18.3 Å². The third-order valence-corrected chi connectivity index (χ3v) is 3.74. The van der Waals surface area contributed by atoms with Crippen LogP contribution in [0.1, 0.15) is 5.82 Å². The zero-order valence-corrected chi connectivity index (χ0v) is 13.8. The lowest BCUT2D eigenvalue weighted by Gasteiger charge is -2.13. The lowest BCUT2D eigenvalue weighted by atomic mass is 10.1. The van der Waals surface area contributed by atoms with E-state index in [0.29, 0.717) is 16.7 Å². The number of hydrogen-bond acceptors (Lipinski definition) is 5. The number of benzene rings is 1. The Hall–Kier alpha value is -2.54. The number of ether oxygens (including phenoxy) is 2. The number of aromatic nitrogens is 3. The van der Waals surface area contributed by atoms with Gasteiger partial charge in [-0.15, -0.1) is 0 Å². The fraction of sp³-hybridized carbons (Fsp3) is 0.188. The van der Waals surface area contributed by atoms with Crippen molar-refractivity contribution in [1.29, 1.82) is 0 Å². The highest BCUT2D eigenvalue weighted by molar-refractivity contribution is 6.33. The Morgan fingerprint density at radius 2 is 1.62 bits per heavy atom. The highest BCUT2D eigenvalue weighted by Gasteiger charge is 2.23. The third-order valence-electron chi connectivity index (χ3n) is 3.47. The first-order valence-corrected chi connectivity index (χ1v) is 7.24.